The first-order chi connectivity index (χ1) is 24.3. The van der Waals surface area contributed by atoms with Crippen molar-refractivity contribution in [3.05, 3.63) is 64.3 Å². The maximum absolute atomic E-state index is 10.1. The molecule has 0 radical (unpaired) electrons. The van der Waals surface area contributed by atoms with Gasteiger partial charge in [0.05, 0.1) is 13.2 Å². The molecule has 344 valence electrons. The van der Waals surface area contributed by atoms with Crippen molar-refractivity contribution in [2.45, 2.75) is 211 Å². The number of ether oxygens (including phenoxy) is 1. The summed E-state index contributed by atoms with van der Waals surface area (Å²) in [6, 6.07) is 0. The highest BCUT2D eigenvalue weighted by atomic mass is 32.1. The van der Waals surface area contributed by atoms with Gasteiger partial charge in [-0.1, -0.05) is 120 Å². The van der Waals surface area contributed by atoms with Crippen molar-refractivity contribution >= 4 is 45.3 Å². The van der Waals surface area contributed by atoms with Gasteiger partial charge in [0, 0.05) is 44.3 Å². The number of hydrogen-bond acceptors (Lipinski definition) is 13. The number of aliphatic hydroxyl groups is 4. The van der Waals surface area contributed by atoms with Crippen LogP contribution in [0.15, 0.2) is 24.8 Å². The first kappa shape index (κ1) is 61.6. The van der Waals surface area contributed by atoms with Crippen molar-refractivity contribution < 1.29 is 25.2 Å². The van der Waals surface area contributed by atoms with E-state index in [9.17, 15) is 20.4 Å². The second-order valence-corrected chi connectivity index (χ2v) is 23.8. The van der Waals surface area contributed by atoms with Crippen LogP contribution >= 0.6 is 45.3 Å². The van der Waals surface area contributed by atoms with E-state index >= 15 is 0 Å². The number of nitrogens with zero attached hydrogens (tertiary/aromatic N) is 4. The van der Waals surface area contributed by atoms with Gasteiger partial charge in [-0.15, -0.1) is 45.3 Å². The Morgan fingerprint density at radius 1 is 0.458 bits per heavy atom. The lowest BCUT2D eigenvalue weighted by molar-refractivity contribution is -0.184. The van der Waals surface area contributed by atoms with Crippen LogP contribution in [-0.2, 0) is 48.8 Å². The zero-order valence-corrected chi connectivity index (χ0v) is 38.7. The van der Waals surface area contributed by atoms with Crippen molar-refractivity contribution in [3.63, 3.8) is 0 Å². The minimum absolute atomic E-state index is 0. The molecular weight excluding hydrogens is 817 g/mol. The second-order valence-electron chi connectivity index (χ2n) is 19.6. The molecule has 59 heavy (non-hydrogen) atoms. The van der Waals surface area contributed by atoms with E-state index in [0.29, 0.717) is 13.2 Å². The summed E-state index contributed by atoms with van der Waals surface area (Å²) >= 11 is 6.41. The molecular formula is C46H86N4O5S4. The van der Waals surface area contributed by atoms with Crippen LogP contribution in [0.2, 0.25) is 0 Å². The molecule has 9 nitrogen and oxygen atoms in total. The van der Waals surface area contributed by atoms with Crippen molar-refractivity contribution in [2.24, 2.45) is 0 Å². The number of aromatic nitrogens is 4. The molecule has 0 amide bonds. The van der Waals surface area contributed by atoms with Gasteiger partial charge >= 0.3 is 0 Å². The van der Waals surface area contributed by atoms with Crippen LogP contribution in [0.3, 0.4) is 0 Å². The van der Waals surface area contributed by atoms with Crippen molar-refractivity contribution in [1.82, 2.24) is 19.9 Å². The van der Waals surface area contributed by atoms with Crippen LogP contribution in [0.5, 0.6) is 0 Å². The van der Waals surface area contributed by atoms with Crippen molar-refractivity contribution in [3.8, 4) is 0 Å². The molecule has 6 rings (SSSR count). The first-order valence-electron chi connectivity index (χ1n) is 18.6. The summed E-state index contributed by atoms with van der Waals surface area (Å²) in [7, 11) is 0. The summed E-state index contributed by atoms with van der Waals surface area (Å²) in [6.45, 7) is 33.7. The number of thiazole rings is 4. The third-order valence-electron chi connectivity index (χ3n) is 8.68. The van der Waals surface area contributed by atoms with Gasteiger partial charge in [0.25, 0.3) is 0 Å². The molecule has 2 fully saturated rings. The molecule has 5 heterocycles. The molecule has 1 aliphatic heterocycles. The molecule has 0 spiro atoms. The molecule has 0 aromatic carbocycles. The van der Waals surface area contributed by atoms with Crippen LogP contribution in [0.1, 0.15) is 207 Å². The highest BCUT2D eigenvalue weighted by Gasteiger charge is 2.42. The lowest BCUT2D eigenvalue weighted by atomic mass is 9.81. The highest BCUT2D eigenvalue weighted by Crippen LogP contribution is 2.44. The Hall–Kier alpha value is -1.68. The van der Waals surface area contributed by atoms with E-state index in [1.807, 2.05) is 24.8 Å². The summed E-state index contributed by atoms with van der Waals surface area (Å²) in [4.78, 5) is 21.9. The van der Waals surface area contributed by atoms with Gasteiger partial charge in [-0.05, 0) is 68.6 Å². The molecule has 0 unspecified atom stereocenters. The lowest BCUT2D eigenvalue weighted by Crippen LogP contribution is -2.46. The smallest absolute Gasteiger partial charge is 0.162 e. The van der Waals surface area contributed by atoms with E-state index in [0.717, 1.165) is 39.3 Å². The first-order valence-corrected chi connectivity index (χ1v) is 21.9. The predicted molar refractivity (Wildman–Crippen MR) is 260 cm³/mol. The van der Waals surface area contributed by atoms with Gasteiger partial charge in [0.2, 0.25) is 0 Å². The van der Waals surface area contributed by atoms with Gasteiger partial charge < -0.3 is 25.2 Å². The Bertz CT molecular complexity index is 1590. The molecule has 1 saturated carbocycles. The second kappa shape index (κ2) is 22.1. The average molecular weight is 903 g/mol. The quantitative estimate of drug-likeness (QED) is 0.157. The molecule has 0 bridgehead atoms. The van der Waals surface area contributed by atoms with Gasteiger partial charge in [-0.25, -0.2) is 19.9 Å². The lowest BCUT2D eigenvalue weighted by Gasteiger charge is -2.34. The molecule has 4 N–H and O–H groups in total. The van der Waals surface area contributed by atoms with E-state index in [4.69, 9.17) is 4.74 Å². The summed E-state index contributed by atoms with van der Waals surface area (Å²) < 4.78 is 5.00. The molecule has 1 saturated heterocycles. The Labute approximate surface area is 377 Å². The molecule has 1 aliphatic carbocycles. The molecule has 4 aromatic rings. The Balaban J connectivity index is -0.000000690. The third-order valence-corrected chi connectivity index (χ3v) is 15.4. The minimum Gasteiger partial charge on any atom is -0.383 e. The van der Waals surface area contributed by atoms with E-state index in [2.05, 4.69) is 103 Å². The van der Waals surface area contributed by atoms with Crippen LogP contribution in [0.4, 0.5) is 0 Å². The van der Waals surface area contributed by atoms with Crippen LogP contribution < -0.4 is 0 Å². The Morgan fingerprint density at radius 2 is 0.729 bits per heavy atom. The van der Waals surface area contributed by atoms with Crippen LogP contribution in [0.25, 0.3) is 0 Å². The van der Waals surface area contributed by atoms with Gasteiger partial charge in [0.1, 0.15) is 36.8 Å². The molecule has 0 atom stereocenters. The summed E-state index contributed by atoms with van der Waals surface area (Å²) in [5.74, 6) is 0. The predicted octanol–water partition coefficient (Wildman–Crippen LogP) is 13.0. The van der Waals surface area contributed by atoms with Crippen LogP contribution in [0, 0.1) is 0 Å². The van der Waals surface area contributed by atoms with Crippen molar-refractivity contribution in [2.75, 3.05) is 13.2 Å². The fraction of sp³-hybridized carbons (Fsp3) is 0.739. The van der Waals surface area contributed by atoms with Crippen LogP contribution in [-0.4, -0.2) is 53.6 Å². The summed E-state index contributed by atoms with van der Waals surface area (Å²) in [5.41, 5.74) is -2.51. The third kappa shape index (κ3) is 17.2. The molecule has 13 heteroatoms. The zero-order valence-electron chi connectivity index (χ0n) is 35.5. The SMILES string of the molecule is C.C.C.C.C.CC(C)(C)c1cnc(C(C)(C)O)s1.CC(C)(C)c1cnc(C(C)(C)O)s1.CC(C)(C)c1cnc(C2(O)CCC2)s1.CC(C)(C)c1cnc(C2(O)COC2)s1. The average Bonchev–Trinajstić information content (AvgIpc) is 3.78. The summed E-state index contributed by atoms with van der Waals surface area (Å²) in [5, 5.41) is 42.8. The molecule has 4 aromatic heterocycles. The van der Waals surface area contributed by atoms with E-state index in [1.54, 1.807) is 73.0 Å². The van der Waals surface area contributed by atoms with Gasteiger partial charge in [0.15, 0.2) is 5.60 Å². The monoisotopic (exact) mass is 903 g/mol. The Morgan fingerprint density at radius 3 is 0.898 bits per heavy atom. The Kier molecular flexibility index (Phi) is 23.1. The summed E-state index contributed by atoms with van der Waals surface area (Å²) in [6.07, 6.45) is 10.4. The van der Waals surface area contributed by atoms with E-state index in [1.165, 1.54) is 19.5 Å². The van der Waals surface area contributed by atoms with Gasteiger partial charge in [-0.2, -0.15) is 0 Å². The number of rotatable bonds is 4. The van der Waals surface area contributed by atoms with E-state index < -0.39 is 22.4 Å². The zero-order chi connectivity index (χ0) is 41.3. The minimum atomic E-state index is -0.811. The maximum atomic E-state index is 10.1. The largest absolute Gasteiger partial charge is 0.383 e. The maximum Gasteiger partial charge on any atom is 0.162 e. The topological polar surface area (TPSA) is 142 Å². The number of hydrogen-bond donors (Lipinski definition) is 4. The van der Waals surface area contributed by atoms with Gasteiger partial charge in [-0.3, -0.25) is 0 Å². The fourth-order valence-corrected chi connectivity index (χ4v) is 8.73. The van der Waals surface area contributed by atoms with E-state index in [-0.39, 0.29) is 58.8 Å². The standard InChI is InChI=1S/C11H17NOS.C10H15NO2S.2C10H17NOS.5CH4/c1-10(2,3)8-7-12-9(14-8)11(13)5-4-6-11;1-9(2,3)7-4-11-8(14-7)10(12)5-13-6-10;2*1-9(2,3)7-6-11-8(13-7)10(4,5)12;;;;;/h7,13H,4-6H2,1-3H3;4,12H,5-6H2,1-3H3;2*6,12H,1-5H3;5*1H4. The van der Waals surface area contributed by atoms with Crippen molar-refractivity contribution in [1.29, 1.82) is 0 Å². The molecule has 2 aliphatic rings. The highest BCUT2D eigenvalue weighted by molar-refractivity contribution is 7.12. The fourth-order valence-electron chi connectivity index (χ4n) is 4.62. The normalized spacial score (nSPS) is 15.7.